The molecule has 20 nitrogen and oxygen atoms in total. The number of rotatable bonds is 15. The van der Waals surface area contributed by atoms with Crippen LogP contribution in [0.4, 0.5) is 0 Å². The van der Waals surface area contributed by atoms with E-state index in [0.717, 1.165) is 170 Å². The van der Waals surface area contributed by atoms with E-state index in [9.17, 15) is 0 Å². The van der Waals surface area contributed by atoms with E-state index in [0.29, 0.717) is 11.8 Å². The van der Waals surface area contributed by atoms with Crippen LogP contribution in [0, 0.1) is 78.8 Å². The topological polar surface area (TPSA) is 218 Å². The number of para-hydroxylation sites is 3. The average Bonchev–Trinajstić information content (AvgIpc) is 1.61. The summed E-state index contributed by atoms with van der Waals surface area (Å²) in [5, 5.41) is 22.8. The zero-order valence-corrected chi connectivity index (χ0v) is 91.1. The van der Waals surface area contributed by atoms with Crippen molar-refractivity contribution in [1.82, 2.24) is 98.7 Å². The normalized spacial score (nSPS) is 10.9. The van der Waals surface area contributed by atoms with Gasteiger partial charge in [0.1, 0.15) is 31.6 Å². The van der Waals surface area contributed by atoms with Crippen molar-refractivity contribution in [3.8, 4) is 119 Å². The summed E-state index contributed by atoms with van der Waals surface area (Å²) in [7, 11) is 0. The summed E-state index contributed by atoms with van der Waals surface area (Å²) < 4.78 is 15.1. The average molecular weight is 2760 g/mol. The third-order valence-corrected chi connectivity index (χ3v) is 26.9. The zero-order chi connectivity index (χ0) is 89.8. The molecule has 13 aromatic carbocycles. The van der Waals surface area contributed by atoms with Gasteiger partial charge in [0.15, 0.2) is 0 Å². The Morgan fingerprint density at radius 2 is 0.500 bits per heavy atom. The third kappa shape index (κ3) is 20.5. The third-order valence-electron chi connectivity index (χ3n) is 22.6. The number of hydrogen-bond donors (Lipinski definition) is 0. The number of benzene rings is 13. The summed E-state index contributed by atoms with van der Waals surface area (Å²) in [6.45, 7) is 23.6. The number of aromatic nitrogens is 20. The van der Waals surface area contributed by atoms with E-state index in [1.54, 1.807) is 88.3 Å². The van der Waals surface area contributed by atoms with E-state index in [-0.39, 0.29) is 101 Å². The van der Waals surface area contributed by atoms with Crippen LogP contribution in [0.1, 0.15) is 89.6 Å². The second-order valence-electron chi connectivity index (χ2n) is 31.9. The predicted octanol–water partition coefficient (Wildman–Crippen LogP) is 26.1. The molecule has 0 saturated heterocycles. The Kier molecular flexibility index (Phi) is 33.2. The van der Waals surface area contributed by atoms with E-state index < -0.39 is 0 Å². The molecule has 687 valence electrons. The van der Waals surface area contributed by atoms with Gasteiger partial charge in [-0.3, -0.25) is 73.2 Å². The molecule has 10 aromatic heterocycles. The summed E-state index contributed by atoms with van der Waals surface area (Å²) >= 11 is 8.01. The first kappa shape index (κ1) is 100. The smallest absolute Gasteiger partial charge is 0.127 e. The van der Waals surface area contributed by atoms with Crippen LogP contribution in [-0.2, 0) is 101 Å². The first-order valence-corrected chi connectivity index (χ1v) is 46.9. The van der Waals surface area contributed by atoms with Crippen LogP contribution in [0.3, 0.4) is 0 Å². The molecule has 0 spiro atoms. The largest absolute Gasteiger partial charge is 0.265 e. The van der Waals surface area contributed by atoms with Crippen molar-refractivity contribution in [2.24, 2.45) is 0 Å². The van der Waals surface area contributed by atoms with Crippen molar-refractivity contribution in [2.45, 2.75) is 88.0 Å². The zero-order valence-electron chi connectivity index (χ0n) is 75.0. The molecule has 136 heavy (non-hydrogen) atoms. The molecule has 0 aliphatic rings. The van der Waals surface area contributed by atoms with Crippen molar-refractivity contribution in [3.05, 3.63) is 370 Å². The van der Waals surface area contributed by atoms with E-state index in [1.165, 1.54) is 50.1 Å². The Morgan fingerprint density at radius 1 is 0.243 bits per heavy atom. The van der Waals surface area contributed by atoms with Gasteiger partial charge in [-0.15, -0.1) is 91.0 Å². The van der Waals surface area contributed by atoms with Gasteiger partial charge in [0.05, 0.1) is 85.1 Å². The van der Waals surface area contributed by atoms with Gasteiger partial charge in [-0.05, 0) is 190 Å². The van der Waals surface area contributed by atoms with Gasteiger partial charge in [0.25, 0.3) is 0 Å². The van der Waals surface area contributed by atoms with Gasteiger partial charge < -0.3 is 0 Å². The quantitative estimate of drug-likeness (QED) is 0.0872. The van der Waals surface area contributed by atoms with Gasteiger partial charge >= 0.3 is 0 Å². The molecule has 0 aliphatic carbocycles. The van der Waals surface area contributed by atoms with Gasteiger partial charge in [-0.25, -0.2) is 0 Å². The fourth-order valence-corrected chi connectivity index (χ4v) is 20.7. The minimum Gasteiger partial charge on any atom is -0.265 e. The van der Waals surface area contributed by atoms with Crippen molar-refractivity contribution >= 4 is 108 Å². The molecule has 0 aliphatic heterocycles. The number of fused-ring (bicyclic) bond motifs is 5. The van der Waals surface area contributed by atoms with Crippen molar-refractivity contribution in [3.63, 3.8) is 0 Å². The predicted molar refractivity (Wildman–Crippen MR) is 532 cm³/mol. The molecule has 0 bridgehead atoms. The molecular weight excluding hydrogens is 2670 g/mol. The van der Waals surface area contributed by atoms with Crippen LogP contribution in [0.2, 0.25) is 0 Å². The summed E-state index contributed by atoms with van der Waals surface area (Å²) in [6.07, 6.45) is 8.04. The SMILES string of the molecule is CC(C)c1cccc(C(C)C)c1-n1ncnc1-c1[c-]ccc2ncsc12.Cc1cc(-c2ccccc2)cc(C)c1-n1ncnc1-c1[c-]ccc2ncsc12.Cc1cc(C)c(-n2ncnc2-c2[c-]ccc3ncsc23)c(C)c1.Cc1cccc(C)c1-n1ncnc1-c1[c-]ccc2ncsc12.[Ir].[Ir].[Ir].[Ir].[Ir].[c-]1ccc2ncsc2c1-c1ncnn1-c1c(-c2ccccc2)cccc1-c1ccccc1. The van der Waals surface area contributed by atoms with Gasteiger partial charge in [0.2, 0.25) is 0 Å². The monoisotopic (exact) mass is 2760 g/mol. The minimum absolute atomic E-state index is 0. The van der Waals surface area contributed by atoms with Crippen molar-refractivity contribution in [2.75, 3.05) is 0 Å². The van der Waals surface area contributed by atoms with Crippen molar-refractivity contribution in [1.29, 1.82) is 0 Å². The van der Waals surface area contributed by atoms with Crippen LogP contribution in [0.5, 0.6) is 0 Å². The summed E-state index contributed by atoms with van der Waals surface area (Å²) in [5.41, 5.74) is 41.8. The first-order chi connectivity index (χ1) is 64.1. The molecule has 23 aromatic rings. The standard InChI is InChI=1S/C27H17N4S.C23H17N4S.C21H21N4S.C18H15N4S.C17H13N4S.5Ir/c1-3-9-19(10-4-1)21-13-7-14-22(20-11-5-2-6-12-20)25(21)31-27(28-17-30-31)23-15-8-16-24-26(23)32-18-29-24;1-15-11-18(17-7-4-3-5-8-17)12-16(2)21(15)27-23(24-13-26-27)19-9-6-10-20-22(19)28-14-25-20;1-13(2)15-7-5-8-16(14(3)4)19(15)25-21(22-11-24-25)17-9-6-10-18-20(17)26-12-23-18;1-11-7-12(2)16(13(3)8-11)22-18(19-9-21-22)14-5-4-6-15-17(14)23-10-20-15;1-11-5-3-6-12(2)15(11)21-17(18-9-20-21)13-7-4-8-14-16(13)22-10-19-14;;;;;/h1-14,16-18H;3-8,10-14H,1-2H3;5-8,10-14H,1-4H3;4,6-10H,1-3H3;3-6,8-10H,1-2H3;;;;;/q5*-1;;;;;. The van der Waals surface area contributed by atoms with E-state index in [1.807, 2.05) is 130 Å². The molecule has 5 radical (unpaired) electrons. The molecular formula is C106H83Ir5N20S5-5. The molecule has 0 amide bonds. The van der Waals surface area contributed by atoms with Gasteiger partial charge in [-0.1, -0.05) is 219 Å². The van der Waals surface area contributed by atoms with Crippen molar-refractivity contribution < 1.29 is 101 Å². The molecule has 30 heteroatoms. The fourth-order valence-electron chi connectivity index (χ4n) is 16.8. The molecule has 10 heterocycles. The second-order valence-corrected chi connectivity index (χ2v) is 36.2. The van der Waals surface area contributed by atoms with E-state index >= 15 is 0 Å². The Hall–Kier alpha value is -11.7. The van der Waals surface area contributed by atoms with Crippen LogP contribution in [0.15, 0.2) is 290 Å². The Morgan fingerprint density at radius 3 is 0.801 bits per heavy atom. The molecule has 0 fully saturated rings. The van der Waals surface area contributed by atoms with Crippen LogP contribution >= 0.6 is 56.7 Å². The summed E-state index contributed by atoms with van der Waals surface area (Å²) in [6, 6.07) is 95.1. The van der Waals surface area contributed by atoms with E-state index in [4.69, 9.17) is 5.10 Å². The first-order valence-electron chi connectivity index (χ1n) is 42.5. The maximum absolute atomic E-state index is 4.70. The molecule has 0 unspecified atom stereocenters. The number of thiazole rings is 5. The number of hydrogen-bond acceptors (Lipinski definition) is 20. The maximum Gasteiger partial charge on any atom is 0.127 e. The van der Waals surface area contributed by atoms with Crippen LogP contribution in [0.25, 0.3) is 170 Å². The van der Waals surface area contributed by atoms with Gasteiger partial charge in [-0.2, -0.15) is 82.2 Å². The van der Waals surface area contributed by atoms with Crippen LogP contribution in [-0.4, -0.2) is 98.7 Å². The number of aryl methyl sites for hydroxylation is 7. The molecule has 0 atom stereocenters. The Labute approximate surface area is 874 Å². The molecule has 0 saturated carbocycles. The fraction of sp³-hybridized carbons (Fsp3) is 0.123. The summed E-state index contributed by atoms with van der Waals surface area (Å²) in [5.74, 6) is 4.73. The summed E-state index contributed by atoms with van der Waals surface area (Å²) in [4.78, 5) is 44.8. The van der Waals surface area contributed by atoms with E-state index in [2.05, 4.69) is 328 Å². The maximum atomic E-state index is 4.70. The second kappa shape index (κ2) is 45.0. The van der Waals surface area contributed by atoms with Gasteiger partial charge in [0, 0.05) is 112 Å². The van der Waals surface area contributed by atoms with Crippen LogP contribution < -0.4 is 0 Å². The Bertz CT molecular complexity index is 7880. The number of nitrogens with zero attached hydrogens (tertiary/aromatic N) is 20. The minimum atomic E-state index is 0. The molecule has 23 rings (SSSR count). The molecule has 0 N–H and O–H groups in total. The Balaban J connectivity index is 0.000000136.